The largest absolute Gasteiger partial charge is 0.466 e. The van der Waals surface area contributed by atoms with Crippen molar-refractivity contribution in [2.24, 2.45) is 7.05 Å². The lowest BCUT2D eigenvalue weighted by Gasteiger charge is -2.08. The monoisotopic (exact) mass is 339 g/mol. The van der Waals surface area contributed by atoms with E-state index in [2.05, 4.69) is 10.1 Å². The number of nitrogens with zero attached hydrogens (tertiary/aromatic N) is 3. The molecule has 3 rings (SSSR count). The van der Waals surface area contributed by atoms with Crippen LogP contribution in [0.15, 0.2) is 48.8 Å². The summed E-state index contributed by atoms with van der Waals surface area (Å²) in [5.41, 5.74) is 3.92. The van der Waals surface area contributed by atoms with Crippen LogP contribution in [0.2, 0.25) is 0 Å². The molecule has 0 aliphatic heterocycles. The highest BCUT2D eigenvalue weighted by Crippen LogP contribution is 2.34. The minimum atomic E-state index is -0.313. The zero-order chi connectivity index (χ0) is 17.8. The Balaban J connectivity index is 2.15. The van der Waals surface area contributed by atoms with Gasteiger partial charge in [0, 0.05) is 30.6 Å². The first kappa shape index (κ1) is 16.8. The van der Waals surface area contributed by atoms with Crippen LogP contribution >= 0.6 is 0 Å². The third-order valence-corrected chi connectivity index (χ3v) is 3.87. The van der Waals surface area contributed by atoms with Crippen molar-refractivity contribution >= 4 is 5.97 Å². The molecule has 0 saturated carbocycles. The summed E-state index contributed by atoms with van der Waals surface area (Å²) in [5.74, 6) is -0.622. The molecule has 0 aliphatic rings. The number of carbonyl (C=O) groups excluding carboxylic acids is 1. The van der Waals surface area contributed by atoms with Crippen LogP contribution in [0.25, 0.3) is 22.4 Å². The first-order valence-corrected chi connectivity index (χ1v) is 7.98. The SMILES string of the molecule is CCOC(=O)Cc1c(-c2ccncc2)c(-c2ccc(F)cc2)nn1C. The van der Waals surface area contributed by atoms with Gasteiger partial charge < -0.3 is 4.74 Å². The number of esters is 1. The van der Waals surface area contributed by atoms with Gasteiger partial charge in [-0.3, -0.25) is 14.5 Å². The lowest BCUT2D eigenvalue weighted by Crippen LogP contribution is -2.11. The van der Waals surface area contributed by atoms with Gasteiger partial charge >= 0.3 is 5.97 Å². The molecule has 0 unspecified atom stereocenters. The fourth-order valence-electron chi connectivity index (χ4n) is 2.74. The molecule has 0 fully saturated rings. The third kappa shape index (κ3) is 3.57. The normalized spacial score (nSPS) is 10.7. The van der Waals surface area contributed by atoms with Gasteiger partial charge in [0.25, 0.3) is 0 Å². The Hall–Kier alpha value is -3.02. The van der Waals surface area contributed by atoms with E-state index < -0.39 is 0 Å². The van der Waals surface area contributed by atoms with Gasteiger partial charge in [-0.25, -0.2) is 4.39 Å². The van der Waals surface area contributed by atoms with E-state index in [1.165, 1.54) is 12.1 Å². The maximum Gasteiger partial charge on any atom is 0.311 e. The van der Waals surface area contributed by atoms with E-state index in [1.807, 2.05) is 12.1 Å². The molecule has 0 atom stereocenters. The molecule has 0 bridgehead atoms. The molecule has 0 N–H and O–H groups in total. The van der Waals surface area contributed by atoms with Crippen LogP contribution in [-0.2, 0) is 23.0 Å². The van der Waals surface area contributed by atoms with Gasteiger partial charge in [-0.15, -0.1) is 0 Å². The number of benzene rings is 1. The lowest BCUT2D eigenvalue weighted by molar-refractivity contribution is -0.142. The second-order valence-corrected chi connectivity index (χ2v) is 5.52. The lowest BCUT2D eigenvalue weighted by atomic mass is 9.98. The summed E-state index contributed by atoms with van der Waals surface area (Å²) in [7, 11) is 1.78. The molecular formula is C19H18FN3O2. The smallest absolute Gasteiger partial charge is 0.311 e. The van der Waals surface area contributed by atoms with E-state index in [4.69, 9.17) is 4.74 Å². The molecule has 0 radical (unpaired) electrons. The molecule has 1 aromatic carbocycles. The summed E-state index contributed by atoms with van der Waals surface area (Å²) in [6, 6.07) is 9.86. The standard InChI is InChI=1S/C19H18FN3O2/c1-3-25-17(24)12-16-18(13-8-10-21-11-9-13)19(22-23(16)2)14-4-6-15(20)7-5-14/h4-11H,3,12H2,1-2H3. The molecule has 0 amide bonds. The number of aryl methyl sites for hydroxylation is 1. The summed E-state index contributed by atoms with van der Waals surface area (Å²) in [4.78, 5) is 16.1. The average Bonchev–Trinajstić information content (AvgIpc) is 2.93. The van der Waals surface area contributed by atoms with Crippen molar-refractivity contribution in [2.45, 2.75) is 13.3 Å². The predicted octanol–water partition coefficient (Wildman–Crippen LogP) is 3.39. The Bertz CT molecular complexity index is 874. The Morgan fingerprint density at radius 2 is 1.80 bits per heavy atom. The van der Waals surface area contributed by atoms with Crippen LogP contribution in [0.5, 0.6) is 0 Å². The molecule has 0 spiro atoms. The first-order valence-electron chi connectivity index (χ1n) is 7.98. The Labute approximate surface area is 145 Å². The molecule has 0 aliphatic carbocycles. The van der Waals surface area contributed by atoms with Crippen LogP contribution in [-0.4, -0.2) is 27.3 Å². The molecule has 0 saturated heterocycles. The zero-order valence-electron chi connectivity index (χ0n) is 14.1. The first-order chi connectivity index (χ1) is 12.1. The summed E-state index contributed by atoms with van der Waals surface area (Å²) >= 11 is 0. The quantitative estimate of drug-likeness (QED) is 0.669. The van der Waals surface area contributed by atoms with Gasteiger partial charge in [0.2, 0.25) is 0 Å². The van der Waals surface area contributed by atoms with E-state index in [9.17, 15) is 9.18 Å². The minimum absolute atomic E-state index is 0.107. The Morgan fingerprint density at radius 1 is 1.12 bits per heavy atom. The molecular weight excluding hydrogens is 321 g/mol. The van der Waals surface area contributed by atoms with Crippen molar-refractivity contribution in [3.8, 4) is 22.4 Å². The van der Waals surface area contributed by atoms with E-state index in [0.717, 1.165) is 22.4 Å². The number of hydrogen-bond acceptors (Lipinski definition) is 4. The maximum atomic E-state index is 13.3. The van der Waals surface area contributed by atoms with Gasteiger partial charge in [-0.05, 0) is 48.9 Å². The zero-order valence-corrected chi connectivity index (χ0v) is 14.1. The molecule has 25 heavy (non-hydrogen) atoms. The van der Waals surface area contributed by atoms with E-state index >= 15 is 0 Å². The van der Waals surface area contributed by atoms with Crippen molar-refractivity contribution in [3.63, 3.8) is 0 Å². The fraction of sp³-hybridized carbons (Fsp3) is 0.211. The summed E-state index contributed by atoms with van der Waals surface area (Å²) in [6.07, 6.45) is 3.48. The van der Waals surface area contributed by atoms with Gasteiger partial charge in [0.15, 0.2) is 0 Å². The van der Waals surface area contributed by atoms with Crippen LogP contribution in [0.4, 0.5) is 4.39 Å². The van der Waals surface area contributed by atoms with Crippen LogP contribution in [0, 0.1) is 5.82 Å². The highest BCUT2D eigenvalue weighted by atomic mass is 19.1. The molecule has 5 nitrogen and oxygen atoms in total. The number of rotatable bonds is 5. The van der Waals surface area contributed by atoms with Gasteiger partial charge in [0.05, 0.1) is 18.7 Å². The summed E-state index contributed by atoms with van der Waals surface area (Å²) in [5, 5.41) is 4.57. The highest BCUT2D eigenvalue weighted by molar-refractivity contribution is 5.85. The summed E-state index contributed by atoms with van der Waals surface area (Å²) in [6.45, 7) is 2.10. The molecule has 128 valence electrons. The predicted molar refractivity (Wildman–Crippen MR) is 92.2 cm³/mol. The third-order valence-electron chi connectivity index (χ3n) is 3.87. The topological polar surface area (TPSA) is 57.0 Å². The molecule has 2 aromatic heterocycles. The fourth-order valence-corrected chi connectivity index (χ4v) is 2.74. The van der Waals surface area contributed by atoms with Gasteiger partial charge in [-0.2, -0.15) is 5.10 Å². The second kappa shape index (κ2) is 7.25. The minimum Gasteiger partial charge on any atom is -0.466 e. The van der Waals surface area contributed by atoms with Crippen molar-refractivity contribution < 1.29 is 13.9 Å². The van der Waals surface area contributed by atoms with Crippen LogP contribution in [0.1, 0.15) is 12.6 Å². The number of halogens is 1. The van der Waals surface area contributed by atoms with Gasteiger partial charge in [-0.1, -0.05) is 0 Å². The highest BCUT2D eigenvalue weighted by Gasteiger charge is 2.21. The Morgan fingerprint density at radius 3 is 2.44 bits per heavy atom. The molecule has 3 aromatic rings. The van der Waals surface area contributed by atoms with Crippen LogP contribution < -0.4 is 0 Å². The van der Waals surface area contributed by atoms with Gasteiger partial charge in [0.1, 0.15) is 11.5 Å². The number of pyridine rings is 1. The van der Waals surface area contributed by atoms with Crippen molar-refractivity contribution in [2.75, 3.05) is 6.61 Å². The summed E-state index contributed by atoms with van der Waals surface area (Å²) < 4.78 is 20.0. The molecule has 6 heteroatoms. The van der Waals surface area contributed by atoms with E-state index in [1.54, 1.807) is 43.2 Å². The van der Waals surface area contributed by atoms with Crippen molar-refractivity contribution in [1.29, 1.82) is 0 Å². The van der Waals surface area contributed by atoms with E-state index in [0.29, 0.717) is 12.3 Å². The van der Waals surface area contributed by atoms with Crippen molar-refractivity contribution in [3.05, 3.63) is 60.3 Å². The van der Waals surface area contributed by atoms with Crippen LogP contribution in [0.3, 0.4) is 0 Å². The second-order valence-electron chi connectivity index (χ2n) is 5.52. The molecule has 2 heterocycles. The number of aromatic nitrogens is 3. The maximum absolute atomic E-state index is 13.3. The average molecular weight is 339 g/mol. The Kier molecular flexibility index (Phi) is 4.88. The van der Waals surface area contributed by atoms with Crippen molar-refractivity contribution in [1.82, 2.24) is 14.8 Å². The number of ether oxygens (including phenoxy) is 1. The van der Waals surface area contributed by atoms with E-state index in [-0.39, 0.29) is 18.2 Å². The number of hydrogen-bond donors (Lipinski definition) is 0. The number of carbonyl (C=O) groups is 1.